The number of hydrogen-bond donors (Lipinski definition) is 0. The first-order valence-corrected chi connectivity index (χ1v) is 8.02. The molecule has 1 aromatic carbocycles. The van der Waals surface area contributed by atoms with E-state index in [0.29, 0.717) is 22.3 Å². The number of pyridine rings is 1. The number of nitrogens with zero attached hydrogens (tertiary/aromatic N) is 4. The highest BCUT2D eigenvalue weighted by Gasteiger charge is 2.31. The molecular formula is C17H15F5N4O2. The van der Waals surface area contributed by atoms with E-state index in [4.69, 9.17) is 4.74 Å². The van der Waals surface area contributed by atoms with E-state index < -0.39 is 24.6 Å². The lowest BCUT2D eigenvalue weighted by molar-refractivity contribution is -0.274. The van der Waals surface area contributed by atoms with Gasteiger partial charge in [-0.2, -0.15) is 0 Å². The topological polar surface area (TPSA) is 62.1 Å². The minimum atomic E-state index is -4.83. The van der Waals surface area contributed by atoms with Crippen LogP contribution in [0.4, 0.5) is 22.0 Å². The molecule has 0 spiro atoms. The molecule has 0 aliphatic heterocycles. The molecule has 6 nitrogen and oxygen atoms in total. The Morgan fingerprint density at radius 1 is 1.07 bits per heavy atom. The average molecular weight is 402 g/mol. The van der Waals surface area contributed by atoms with Crippen molar-refractivity contribution in [1.82, 2.24) is 20.0 Å². The van der Waals surface area contributed by atoms with Gasteiger partial charge in [0.05, 0.1) is 12.3 Å². The third-order valence-corrected chi connectivity index (χ3v) is 3.67. The Morgan fingerprint density at radius 2 is 1.82 bits per heavy atom. The number of hydrogen-bond acceptors (Lipinski definition) is 5. The van der Waals surface area contributed by atoms with Crippen LogP contribution in [0, 0.1) is 0 Å². The first-order chi connectivity index (χ1) is 13.1. The lowest BCUT2D eigenvalue weighted by atomic mass is 10.0. The molecule has 2 heterocycles. The van der Waals surface area contributed by atoms with Gasteiger partial charge < -0.3 is 9.47 Å². The molecule has 3 aromatic rings. The Bertz CT molecular complexity index is 982. The van der Waals surface area contributed by atoms with Crippen molar-refractivity contribution in [2.75, 3.05) is 7.11 Å². The van der Waals surface area contributed by atoms with Crippen molar-refractivity contribution in [2.24, 2.45) is 0 Å². The Kier molecular flexibility index (Phi) is 5.20. The summed E-state index contributed by atoms with van der Waals surface area (Å²) in [6, 6.07) is 6.85. The van der Waals surface area contributed by atoms with Crippen LogP contribution < -0.4 is 4.74 Å². The van der Waals surface area contributed by atoms with Crippen LogP contribution in [0.5, 0.6) is 5.75 Å². The molecule has 0 bridgehead atoms. The third-order valence-electron chi connectivity index (χ3n) is 3.67. The summed E-state index contributed by atoms with van der Waals surface area (Å²) in [4.78, 5) is 4.32. The normalized spacial score (nSPS) is 12.5. The second kappa shape index (κ2) is 7.30. The first kappa shape index (κ1) is 19.9. The molecule has 150 valence electrons. The summed E-state index contributed by atoms with van der Waals surface area (Å²) in [7, 11) is 1.39. The van der Waals surface area contributed by atoms with Crippen molar-refractivity contribution in [3.63, 3.8) is 0 Å². The van der Waals surface area contributed by atoms with E-state index in [0.717, 1.165) is 17.7 Å². The SMILES string of the molecule is COCc1cc(OC(F)(F)F)ccc1-c1ccc2nnn(CC(C)(F)F)c2n1. The fourth-order valence-electron chi connectivity index (χ4n) is 2.67. The molecule has 2 aromatic heterocycles. The van der Waals surface area contributed by atoms with Gasteiger partial charge in [-0.15, -0.1) is 18.3 Å². The van der Waals surface area contributed by atoms with Crippen LogP contribution in [0.2, 0.25) is 0 Å². The first-order valence-electron chi connectivity index (χ1n) is 8.02. The van der Waals surface area contributed by atoms with Crippen LogP contribution in [0.3, 0.4) is 0 Å². The van der Waals surface area contributed by atoms with Gasteiger partial charge >= 0.3 is 6.36 Å². The van der Waals surface area contributed by atoms with Crippen molar-refractivity contribution in [3.05, 3.63) is 35.9 Å². The van der Waals surface area contributed by atoms with E-state index >= 15 is 0 Å². The summed E-state index contributed by atoms with van der Waals surface area (Å²) in [5, 5.41) is 7.48. The quantitative estimate of drug-likeness (QED) is 0.579. The summed E-state index contributed by atoms with van der Waals surface area (Å²) in [5.41, 5.74) is 1.66. The molecule has 0 amide bonds. The average Bonchev–Trinajstić information content (AvgIpc) is 2.94. The highest BCUT2D eigenvalue weighted by Crippen LogP contribution is 2.31. The number of alkyl halides is 5. The number of fused-ring (bicyclic) bond motifs is 1. The molecule has 0 fully saturated rings. The molecule has 28 heavy (non-hydrogen) atoms. The van der Waals surface area contributed by atoms with Crippen LogP contribution in [0.1, 0.15) is 12.5 Å². The second-order valence-corrected chi connectivity index (χ2v) is 6.16. The minimum Gasteiger partial charge on any atom is -0.406 e. The van der Waals surface area contributed by atoms with Crippen LogP contribution in [0.15, 0.2) is 30.3 Å². The third kappa shape index (κ3) is 4.71. The summed E-state index contributed by atoms with van der Waals surface area (Å²) < 4.78 is 74.0. The van der Waals surface area contributed by atoms with Gasteiger partial charge in [0.2, 0.25) is 0 Å². The number of aromatic nitrogens is 4. The van der Waals surface area contributed by atoms with E-state index in [1.807, 2.05) is 0 Å². The molecule has 0 aliphatic rings. The summed E-state index contributed by atoms with van der Waals surface area (Å²) in [6.07, 6.45) is -4.83. The highest BCUT2D eigenvalue weighted by atomic mass is 19.4. The fraction of sp³-hybridized carbons (Fsp3) is 0.353. The van der Waals surface area contributed by atoms with Gasteiger partial charge in [0, 0.05) is 19.6 Å². The number of ether oxygens (including phenoxy) is 2. The Balaban J connectivity index is 2.04. The standard InChI is InChI=1S/C17H15F5N4O2/c1-16(18,19)9-26-15-14(24-25-26)6-5-13(23-15)12-4-3-11(28-17(20,21)22)7-10(12)8-27-2/h3-7H,8-9H2,1-2H3. The smallest absolute Gasteiger partial charge is 0.406 e. The van der Waals surface area contributed by atoms with Gasteiger partial charge in [-0.1, -0.05) is 5.21 Å². The number of halogens is 5. The number of benzene rings is 1. The van der Waals surface area contributed by atoms with Gasteiger partial charge in [0.25, 0.3) is 5.92 Å². The predicted molar refractivity (Wildman–Crippen MR) is 88.8 cm³/mol. The Hall–Kier alpha value is -2.82. The van der Waals surface area contributed by atoms with E-state index in [1.165, 1.54) is 19.2 Å². The summed E-state index contributed by atoms with van der Waals surface area (Å²) in [5.74, 6) is -3.42. The van der Waals surface area contributed by atoms with E-state index in [1.54, 1.807) is 12.1 Å². The fourth-order valence-corrected chi connectivity index (χ4v) is 2.67. The molecule has 0 aliphatic carbocycles. The molecule has 11 heteroatoms. The van der Waals surface area contributed by atoms with Crippen LogP contribution in [0.25, 0.3) is 22.4 Å². The zero-order chi connectivity index (χ0) is 20.5. The zero-order valence-corrected chi connectivity index (χ0v) is 14.8. The summed E-state index contributed by atoms with van der Waals surface area (Å²) >= 11 is 0. The zero-order valence-electron chi connectivity index (χ0n) is 14.8. The number of rotatable bonds is 6. The Labute approximate surface area is 155 Å². The lowest BCUT2D eigenvalue weighted by Gasteiger charge is -2.14. The number of methoxy groups -OCH3 is 1. The van der Waals surface area contributed by atoms with Gasteiger partial charge in [-0.05, 0) is 35.9 Å². The Morgan fingerprint density at radius 3 is 2.46 bits per heavy atom. The molecule has 0 radical (unpaired) electrons. The van der Waals surface area contributed by atoms with E-state index in [-0.39, 0.29) is 12.3 Å². The van der Waals surface area contributed by atoms with Crippen LogP contribution >= 0.6 is 0 Å². The molecule has 3 rings (SSSR count). The monoisotopic (exact) mass is 402 g/mol. The van der Waals surface area contributed by atoms with Crippen molar-refractivity contribution < 1.29 is 31.4 Å². The maximum atomic E-state index is 13.3. The predicted octanol–water partition coefficient (Wildman–Crippen LogP) is 4.19. The van der Waals surface area contributed by atoms with E-state index in [9.17, 15) is 22.0 Å². The van der Waals surface area contributed by atoms with Crippen LogP contribution in [-0.4, -0.2) is 39.4 Å². The van der Waals surface area contributed by atoms with Gasteiger partial charge in [0.15, 0.2) is 5.65 Å². The summed E-state index contributed by atoms with van der Waals surface area (Å²) in [6.45, 7) is 0.0400. The maximum absolute atomic E-state index is 13.3. The molecular weight excluding hydrogens is 387 g/mol. The molecule has 0 unspecified atom stereocenters. The van der Waals surface area contributed by atoms with Crippen molar-refractivity contribution in [3.8, 4) is 17.0 Å². The largest absolute Gasteiger partial charge is 0.573 e. The van der Waals surface area contributed by atoms with Crippen molar-refractivity contribution in [2.45, 2.75) is 32.4 Å². The molecule has 0 atom stereocenters. The maximum Gasteiger partial charge on any atom is 0.573 e. The van der Waals surface area contributed by atoms with Crippen molar-refractivity contribution >= 4 is 11.2 Å². The van der Waals surface area contributed by atoms with E-state index in [2.05, 4.69) is 20.0 Å². The van der Waals surface area contributed by atoms with Crippen LogP contribution in [-0.2, 0) is 17.9 Å². The molecule has 0 saturated heterocycles. The van der Waals surface area contributed by atoms with Crippen molar-refractivity contribution in [1.29, 1.82) is 0 Å². The highest BCUT2D eigenvalue weighted by molar-refractivity contribution is 5.76. The lowest BCUT2D eigenvalue weighted by Crippen LogP contribution is -2.20. The van der Waals surface area contributed by atoms with Gasteiger partial charge in [0.1, 0.15) is 17.8 Å². The molecule has 0 saturated carbocycles. The van der Waals surface area contributed by atoms with Gasteiger partial charge in [-0.3, -0.25) is 0 Å². The second-order valence-electron chi connectivity index (χ2n) is 6.16. The molecule has 0 N–H and O–H groups in total. The van der Waals surface area contributed by atoms with Gasteiger partial charge in [-0.25, -0.2) is 18.4 Å². The minimum absolute atomic E-state index is 0.00531.